The highest BCUT2D eigenvalue weighted by Gasteiger charge is 2.39. The molecular formula is C10H15N3O3. The minimum Gasteiger partial charge on any atom is -0.394 e. The lowest BCUT2D eigenvalue weighted by molar-refractivity contribution is -0.0662. The molecule has 2 aliphatic rings. The van der Waals surface area contributed by atoms with Gasteiger partial charge in [0.25, 0.3) is 0 Å². The summed E-state index contributed by atoms with van der Waals surface area (Å²) in [5, 5.41) is 16.2. The van der Waals surface area contributed by atoms with Crippen molar-refractivity contribution in [1.29, 1.82) is 0 Å². The van der Waals surface area contributed by atoms with Crippen LogP contribution in [-0.4, -0.2) is 40.6 Å². The van der Waals surface area contributed by atoms with Gasteiger partial charge in [-0.25, -0.2) is 0 Å². The number of nitrogens with zero attached hydrogens (tertiary/aromatic N) is 2. The van der Waals surface area contributed by atoms with Crippen molar-refractivity contribution in [2.75, 3.05) is 25.1 Å². The first-order valence-electron chi connectivity index (χ1n) is 5.62. The van der Waals surface area contributed by atoms with E-state index in [0.717, 1.165) is 18.7 Å². The summed E-state index contributed by atoms with van der Waals surface area (Å²) in [6, 6.07) is 0.388. The lowest BCUT2D eigenvalue weighted by Gasteiger charge is -2.39. The Morgan fingerprint density at radius 1 is 1.44 bits per heavy atom. The summed E-state index contributed by atoms with van der Waals surface area (Å²) in [5.74, 6) is 1.24. The number of aromatic nitrogens is 2. The maximum absolute atomic E-state index is 9.24. The first-order valence-corrected chi connectivity index (χ1v) is 5.62. The van der Waals surface area contributed by atoms with Gasteiger partial charge < -0.3 is 19.7 Å². The molecule has 1 aliphatic heterocycles. The Balaban J connectivity index is 1.67. The fourth-order valence-corrected chi connectivity index (χ4v) is 1.90. The van der Waals surface area contributed by atoms with Crippen LogP contribution in [-0.2, 0) is 4.74 Å². The molecule has 2 heterocycles. The summed E-state index contributed by atoms with van der Waals surface area (Å²) in [4.78, 5) is 4.29. The average Bonchev–Trinajstić information content (AvgIpc) is 2.57. The van der Waals surface area contributed by atoms with Crippen molar-refractivity contribution < 1.29 is 14.4 Å². The van der Waals surface area contributed by atoms with Crippen molar-refractivity contribution in [3.05, 3.63) is 5.82 Å². The Labute approximate surface area is 93.0 Å². The zero-order valence-corrected chi connectivity index (χ0v) is 8.98. The molecule has 0 radical (unpaired) electrons. The number of ether oxygens (including phenoxy) is 1. The summed E-state index contributed by atoms with van der Waals surface area (Å²) in [6.45, 7) is 0.962. The van der Waals surface area contributed by atoms with E-state index in [1.807, 2.05) is 0 Å². The fraction of sp³-hybridized carbons (Fsp3) is 0.800. The number of anilines is 1. The monoisotopic (exact) mass is 225 g/mol. The van der Waals surface area contributed by atoms with Crippen LogP contribution >= 0.6 is 0 Å². The molecule has 6 heteroatoms. The molecule has 0 spiro atoms. The Hall–Kier alpha value is -1.14. The van der Waals surface area contributed by atoms with Gasteiger partial charge in [0.1, 0.15) is 5.54 Å². The van der Waals surface area contributed by atoms with Crippen LogP contribution in [0.4, 0.5) is 6.01 Å². The van der Waals surface area contributed by atoms with Gasteiger partial charge in [0.15, 0.2) is 5.82 Å². The molecule has 0 unspecified atom stereocenters. The number of aliphatic hydroxyl groups excluding tert-OH is 1. The van der Waals surface area contributed by atoms with Crippen molar-refractivity contribution >= 4 is 6.01 Å². The Morgan fingerprint density at radius 2 is 2.25 bits per heavy atom. The maximum Gasteiger partial charge on any atom is 0.322 e. The van der Waals surface area contributed by atoms with Crippen LogP contribution in [0.15, 0.2) is 4.52 Å². The van der Waals surface area contributed by atoms with Crippen molar-refractivity contribution in [3.63, 3.8) is 0 Å². The highest BCUT2D eigenvalue weighted by molar-refractivity contribution is 5.28. The predicted molar refractivity (Wildman–Crippen MR) is 55.1 cm³/mol. The van der Waals surface area contributed by atoms with E-state index in [0.29, 0.717) is 25.1 Å². The molecule has 2 fully saturated rings. The van der Waals surface area contributed by atoms with E-state index in [1.54, 1.807) is 0 Å². The highest BCUT2D eigenvalue weighted by Crippen LogP contribution is 2.35. The number of nitrogens with one attached hydrogen (secondary N) is 1. The van der Waals surface area contributed by atoms with Crippen LogP contribution in [0.25, 0.3) is 0 Å². The van der Waals surface area contributed by atoms with Gasteiger partial charge in [0.05, 0.1) is 19.8 Å². The summed E-state index contributed by atoms with van der Waals surface area (Å²) >= 11 is 0. The van der Waals surface area contributed by atoms with Gasteiger partial charge in [0, 0.05) is 5.92 Å². The number of hydrogen-bond acceptors (Lipinski definition) is 6. The van der Waals surface area contributed by atoms with E-state index in [1.165, 1.54) is 6.42 Å². The Morgan fingerprint density at radius 3 is 2.75 bits per heavy atom. The molecule has 6 nitrogen and oxygen atoms in total. The van der Waals surface area contributed by atoms with Crippen molar-refractivity contribution in [1.82, 2.24) is 10.1 Å². The lowest BCUT2D eigenvalue weighted by atomic mass is 9.85. The van der Waals surface area contributed by atoms with Gasteiger partial charge in [-0.2, -0.15) is 4.98 Å². The summed E-state index contributed by atoms with van der Waals surface area (Å²) in [5.41, 5.74) is -0.427. The number of hydrogen-bond donors (Lipinski definition) is 2. The van der Waals surface area contributed by atoms with E-state index in [-0.39, 0.29) is 6.61 Å². The van der Waals surface area contributed by atoms with Gasteiger partial charge in [-0.15, -0.1) is 0 Å². The molecule has 0 amide bonds. The molecule has 1 aliphatic carbocycles. The molecular weight excluding hydrogens is 210 g/mol. The van der Waals surface area contributed by atoms with Crippen LogP contribution in [0.3, 0.4) is 0 Å². The second-order valence-electron chi connectivity index (χ2n) is 4.64. The fourth-order valence-electron chi connectivity index (χ4n) is 1.90. The van der Waals surface area contributed by atoms with Crippen molar-refractivity contribution in [2.24, 2.45) is 0 Å². The highest BCUT2D eigenvalue weighted by atomic mass is 16.5. The van der Waals surface area contributed by atoms with Gasteiger partial charge >= 0.3 is 6.01 Å². The molecule has 88 valence electrons. The van der Waals surface area contributed by atoms with Crippen molar-refractivity contribution in [2.45, 2.75) is 30.7 Å². The van der Waals surface area contributed by atoms with E-state index in [4.69, 9.17) is 9.26 Å². The molecule has 1 aromatic heterocycles. The molecule has 0 aromatic carbocycles. The van der Waals surface area contributed by atoms with E-state index >= 15 is 0 Å². The third-order valence-corrected chi connectivity index (χ3v) is 3.34. The average molecular weight is 225 g/mol. The number of rotatable bonds is 4. The second-order valence-corrected chi connectivity index (χ2v) is 4.64. The Kier molecular flexibility index (Phi) is 2.33. The largest absolute Gasteiger partial charge is 0.394 e. The minimum atomic E-state index is -0.427. The SMILES string of the molecule is OCC1(Nc2nc(C3CCC3)no2)COC1. The maximum atomic E-state index is 9.24. The van der Waals surface area contributed by atoms with Crippen LogP contribution in [0.5, 0.6) is 0 Å². The first kappa shape index (κ1) is 10.0. The third-order valence-electron chi connectivity index (χ3n) is 3.34. The zero-order chi connectivity index (χ0) is 11.0. The van der Waals surface area contributed by atoms with Gasteiger partial charge in [-0.3, -0.25) is 0 Å². The van der Waals surface area contributed by atoms with Gasteiger partial charge in [-0.05, 0) is 12.8 Å². The molecule has 2 N–H and O–H groups in total. The molecule has 0 atom stereocenters. The first-order chi connectivity index (χ1) is 7.81. The summed E-state index contributed by atoms with van der Waals surface area (Å²) in [6.07, 6.45) is 3.54. The predicted octanol–water partition coefficient (Wildman–Crippen LogP) is 0.510. The minimum absolute atomic E-state index is 0.00808. The normalized spacial score (nSPS) is 23.6. The Bertz CT molecular complexity index is 366. The third kappa shape index (κ3) is 1.58. The quantitative estimate of drug-likeness (QED) is 0.777. The van der Waals surface area contributed by atoms with Gasteiger partial charge in [0.2, 0.25) is 0 Å². The smallest absolute Gasteiger partial charge is 0.322 e. The molecule has 1 aromatic rings. The van der Waals surface area contributed by atoms with E-state index in [2.05, 4.69) is 15.5 Å². The van der Waals surface area contributed by atoms with E-state index < -0.39 is 5.54 Å². The number of aliphatic hydroxyl groups is 1. The van der Waals surface area contributed by atoms with Gasteiger partial charge in [-0.1, -0.05) is 11.6 Å². The van der Waals surface area contributed by atoms with Crippen LogP contribution in [0.1, 0.15) is 31.0 Å². The molecule has 0 bridgehead atoms. The molecule has 1 saturated heterocycles. The second kappa shape index (κ2) is 3.71. The molecule has 1 saturated carbocycles. The van der Waals surface area contributed by atoms with Crippen LogP contribution in [0.2, 0.25) is 0 Å². The zero-order valence-electron chi connectivity index (χ0n) is 8.98. The lowest BCUT2D eigenvalue weighted by Crippen LogP contribution is -2.58. The van der Waals surface area contributed by atoms with Crippen LogP contribution in [0, 0.1) is 0 Å². The standard InChI is InChI=1S/C10H15N3O3/c14-4-10(5-15-6-10)12-9-11-8(13-16-9)7-2-1-3-7/h7,14H,1-6H2,(H,11,12,13). The molecule has 16 heavy (non-hydrogen) atoms. The van der Waals surface area contributed by atoms with E-state index in [9.17, 15) is 5.11 Å². The van der Waals surface area contributed by atoms with Crippen molar-refractivity contribution in [3.8, 4) is 0 Å². The van der Waals surface area contributed by atoms with Crippen LogP contribution < -0.4 is 5.32 Å². The topological polar surface area (TPSA) is 80.4 Å². The summed E-state index contributed by atoms with van der Waals surface area (Å²) in [7, 11) is 0. The summed E-state index contributed by atoms with van der Waals surface area (Å²) < 4.78 is 10.2. The molecule has 3 rings (SSSR count).